The van der Waals surface area contributed by atoms with Gasteiger partial charge in [-0.15, -0.1) is 0 Å². The van der Waals surface area contributed by atoms with E-state index in [1.165, 1.54) is 11.0 Å². The van der Waals surface area contributed by atoms with Gasteiger partial charge in [-0.1, -0.05) is 0 Å². The summed E-state index contributed by atoms with van der Waals surface area (Å²) in [6.07, 6.45) is 3.43. The summed E-state index contributed by atoms with van der Waals surface area (Å²) in [5.74, 6) is 0.159. The SMILES string of the molecule is CC1=CC(=O)N(CCc2ncn(C)n2)C1=O. The number of carbonyl (C=O) groups is 2. The maximum absolute atomic E-state index is 11.5. The van der Waals surface area contributed by atoms with Gasteiger partial charge in [-0.25, -0.2) is 4.98 Å². The average molecular weight is 220 g/mol. The molecule has 0 bridgehead atoms. The van der Waals surface area contributed by atoms with Crippen LogP contribution in [-0.2, 0) is 23.1 Å². The minimum Gasteiger partial charge on any atom is -0.275 e. The second-order valence-electron chi connectivity index (χ2n) is 3.71. The molecule has 0 saturated carbocycles. The summed E-state index contributed by atoms with van der Waals surface area (Å²) < 4.78 is 1.59. The van der Waals surface area contributed by atoms with Crippen molar-refractivity contribution in [2.45, 2.75) is 13.3 Å². The summed E-state index contributed by atoms with van der Waals surface area (Å²) in [4.78, 5) is 28.2. The van der Waals surface area contributed by atoms with Crippen LogP contribution in [0.15, 0.2) is 18.0 Å². The van der Waals surface area contributed by atoms with E-state index in [1.54, 1.807) is 25.0 Å². The Labute approximate surface area is 92.6 Å². The molecular weight excluding hydrogens is 208 g/mol. The maximum Gasteiger partial charge on any atom is 0.256 e. The van der Waals surface area contributed by atoms with Crippen LogP contribution in [0.4, 0.5) is 0 Å². The molecule has 1 aromatic rings. The Hall–Kier alpha value is -1.98. The van der Waals surface area contributed by atoms with E-state index in [9.17, 15) is 9.59 Å². The molecule has 0 fully saturated rings. The Morgan fingerprint density at radius 1 is 1.38 bits per heavy atom. The molecule has 2 amide bonds. The summed E-state index contributed by atoms with van der Waals surface area (Å²) in [5, 5.41) is 4.08. The van der Waals surface area contributed by atoms with E-state index in [-0.39, 0.29) is 11.8 Å². The van der Waals surface area contributed by atoms with Crippen LogP contribution in [-0.4, -0.2) is 38.0 Å². The van der Waals surface area contributed by atoms with E-state index >= 15 is 0 Å². The average Bonchev–Trinajstić information content (AvgIpc) is 2.72. The number of amides is 2. The van der Waals surface area contributed by atoms with Gasteiger partial charge < -0.3 is 0 Å². The minimum absolute atomic E-state index is 0.221. The number of aryl methyl sites for hydroxylation is 1. The van der Waals surface area contributed by atoms with Gasteiger partial charge in [-0.2, -0.15) is 5.10 Å². The van der Waals surface area contributed by atoms with Gasteiger partial charge in [0.15, 0.2) is 5.82 Å². The number of nitrogens with zero attached hydrogens (tertiary/aromatic N) is 4. The topological polar surface area (TPSA) is 68.1 Å². The monoisotopic (exact) mass is 220 g/mol. The van der Waals surface area contributed by atoms with E-state index < -0.39 is 0 Å². The normalized spacial score (nSPS) is 15.9. The van der Waals surface area contributed by atoms with Crippen molar-refractivity contribution in [3.05, 3.63) is 23.8 Å². The Bertz CT molecular complexity index is 475. The molecule has 0 unspecified atom stereocenters. The zero-order valence-electron chi connectivity index (χ0n) is 9.17. The number of hydrogen-bond donors (Lipinski definition) is 0. The molecule has 0 radical (unpaired) electrons. The van der Waals surface area contributed by atoms with Gasteiger partial charge in [-0.3, -0.25) is 19.2 Å². The van der Waals surface area contributed by atoms with Crippen molar-refractivity contribution in [1.82, 2.24) is 19.7 Å². The smallest absolute Gasteiger partial charge is 0.256 e. The van der Waals surface area contributed by atoms with E-state index in [1.807, 2.05) is 0 Å². The fraction of sp³-hybridized carbons (Fsp3) is 0.400. The lowest BCUT2D eigenvalue weighted by Gasteiger charge is -2.12. The third-order valence-corrected chi connectivity index (χ3v) is 2.39. The van der Waals surface area contributed by atoms with Crippen molar-refractivity contribution in [3.63, 3.8) is 0 Å². The molecule has 0 aliphatic carbocycles. The van der Waals surface area contributed by atoms with Crippen molar-refractivity contribution in [2.24, 2.45) is 7.05 Å². The summed E-state index contributed by atoms with van der Waals surface area (Å²) in [7, 11) is 1.77. The van der Waals surface area contributed by atoms with Crippen LogP contribution < -0.4 is 0 Å². The van der Waals surface area contributed by atoms with Gasteiger partial charge in [0, 0.05) is 31.7 Å². The van der Waals surface area contributed by atoms with Gasteiger partial charge in [-0.05, 0) is 6.92 Å². The van der Waals surface area contributed by atoms with Gasteiger partial charge in [0.2, 0.25) is 0 Å². The largest absolute Gasteiger partial charge is 0.275 e. The highest BCUT2D eigenvalue weighted by atomic mass is 16.2. The van der Waals surface area contributed by atoms with E-state index in [0.717, 1.165) is 0 Å². The van der Waals surface area contributed by atoms with Crippen molar-refractivity contribution in [3.8, 4) is 0 Å². The van der Waals surface area contributed by atoms with Crippen LogP contribution in [0, 0.1) is 0 Å². The minimum atomic E-state index is -0.251. The van der Waals surface area contributed by atoms with Crippen molar-refractivity contribution in [2.75, 3.05) is 6.54 Å². The first kappa shape index (κ1) is 10.5. The predicted octanol–water partition coefficient (Wildman–Crippen LogP) is -0.327. The van der Waals surface area contributed by atoms with Crippen LogP contribution in [0.25, 0.3) is 0 Å². The molecule has 1 aliphatic rings. The first-order valence-corrected chi connectivity index (χ1v) is 4.96. The lowest BCUT2D eigenvalue weighted by Crippen LogP contribution is -2.32. The molecule has 84 valence electrons. The predicted molar refractivity (Wildman–Crippen MR) is 55.2 cm³/mol. The summed E-state index contributed by atoms with van der Waals surface area (Å²) in [6, 6.07) is 0. The molecule has 2 rings (SSSR count). The maximum atomic E-state index is 11.5. The number of hydrogen-bond acceptors (Lipinski definition) is 4. The van der Waals surface area contributed by atoms with Crippen molar-refractivity contribution in [1.29, 1.82) is 0 Å². The van der Waals surface area contributed by atoms with Crippen LogP contribution >= 0.6 is 0 Å². The highest BCUT2D eigenvalue weighted by Crippen LogP contribution is 2.11. The van der Waals surface area contributed by atoms with Crippen molar-refractivity contribution >= 4 is 11.8 Å². The molecule has 0 spiro atoms. The van der Waals surface area contributed by atoms with Crippen LogP contribution in [0.5, 0.6) is 0 Å². The van der Waals surface area contributed by atoms with Gasteiger partial charge in [0.1, 0.15) is 6.33 Å². The second-order valence-corrected chi connectivity index (χ2v) is 3.71. The summed E-state index contributed by atoms with van der Waals surface area (Å²) >= 11 is 0. The van der Waals surface area contributed by atoms with Crippen LogP contribution in [0.2, 0.25) is 0 Å². The number of aromatic nitrogens is 3. The van der Waals surface area contributed by atoms with E-state index in [4.69, 9.17) is 0 Å². The lowest BCUT2D eigenvalue weighted by atomic mass is 10.3. The highest BCUT2D eigenvalue weighted by molar-refractivity contribution is 6.15. The molecule has 6 nitrogen and oxygen atoms in total. The van der Waals surface area contributed by atoms with Crippen LogP contribution in [0.3, 0.4) is 0 Å². The fourth-order valence-corrected chi connectivity index (χ4v) is 1.56. The molecule has 1 aromatic heterocycles. The molecule has 0 saturated heterocycles. The van der Waals surface area contributed by atoms with Crippen LogP contribution in [0.1, 0.15) is 12.7 Å². The Balaban J connectivity index is 1.97. The third kappa shape index (κ3) is 1.86. The summed E-state index contributed by atoms with van der Waals surface area (Å²) in [6.45, 7) is 1.97. The van der Waals surface area contributed by atoms with Gasteiger partial charge in [0.25, 0.3) is 11.8 Å². The number of rotatable bonds is 3. The molecule has 6 heteroatoms. The standard InChI is InChI=1S/C10H12N4O2/c1-7-5-9(15)14(10(7)16)4-3-8-11-6-13(2)12-8/h5-6H,3-4H2,1-2H3. The molecule has 2 heterocycles. The molecule has 0 aromatic carbocycles. The quantitative estimate of drug-likeness (QED) is 0.654. The zero-order valence-corrected chi connectivity index (χ0v) is 9.17. The second kappa shape index (κ2) is 3.88. The Kier molecular flexibility index (Phi) is 2.55. The van der Waals surface area contributed by atoms with Gasteiger partial charge >= 0.3 is 0 Å². The van der Waals surface area contributed by atoms with E-state index in [2.05, 4.69) is 10.1 Å². The van der Waals surface area contributed by atoms with Gasteiger partial charge in [0.05, 0.1) is 0 Å². The summed E-state index contributed by atoms with van der Waals surface area (Å²) in [5.41, 5.74) is 0.485. The van der Waals surface area contributed by atoms with E-state index in [0.29, 0.717) is 24.4 Å². The molecule has 1 aliphatic heterocycles. The first-order chi connectivity index (χ1) is 7.58. The lowest BCUT2D eigenvalue weighted by molar-refractivity contribution is -0.137. The highest BCUT2D eigenvalue weighted by Gasteiger charge is 2.27. The number of carbonyl (C=O) groups excluding carboxylic acids is 2. The molecule has 16 heavy (non-hydrogen) atoms. The molecule has 0 N–H and O–H groups in total. The molecule has 0 atom stereocenters. The fourth-order valence-electron chi connectivity index (χ4n) is 1.56. The molecular formula is C10H12N4O2. The Morgan fingerprint density at radius 2 is 2.12 bits per heavy atom. The number of imide groups is 1. The first-order valence-electron chi connectivity index (χ1n) is 4.96. The zero-order chi connectivity index (χ0) is 11.7. The van der Waals surface area contributed by atoms with Crippen molar-refractivity contribution < 1.29 is 9.59 Å². The Morgan fingerprint density at radius 3 is 2.62 bits per heavy atom. The third-order valence-electron chi connectivity index (χ3n) is 2.39.